The van der Waals surface area contributed by atoms with Crippen molar-refractivity contribution in [3.63, 3.8) is 0 Å². The van der Waals surface area contributed by atoms with Gasteiger partial charge in [0.2, 0.25) is 11.8 Å². The van der Waals surface area contributed by atoms with Gasteiger partial charge in [-0.1, -0.05) is 18.2 Å². The normalized spacial score (nSPS) is 20.3. The molecule has 2 aromatic rings. The van der Waals surface area contributed by atoms with Crippen LogP contribution in [0, 0.1) is 5.92 Å². The molecule has 0 radical (unpaired) electrons. The van der Waals surface area contributed by atoms with Crippen molar-refractivity contribution in [3.8, 4) is 5.75 Å². The average molecular weight is 430 g/mol. The van der Waals surface area contributed by atoms with Crippen LogP contribution in [0.15, 0.2) is 42.5 Å². The lowest BCUT2D eigenvalue weighted by Crippen LogP contribution is -2.36. The molecule has 0 bridgehead atoms. The Kier molecular flexibility index (Phi) is 6.87. The van der Waals surface area contributed by atoms with Crippen LogP contribution >= 0.6 is 12.4 Å². The number of methoxy groups -OCH3 is 1. The van der Waals surface area contributed by atoms with Gasteiger partial charge in [-0.05, 0) is 60.2 Å². The van der Waals surface area contributed by atoms with Gasteiger partial charge in [-0.3, -0.25) is 9.59 Å². The summed E-state index contributed by atoms with van der Waals surface area (Å²) in [6.45, 7) is 0.968. The maximum Gasteiger partial charge on any atom is 0.225 e. The van der Waals surface area contributed by atoms with Crippen LogP contribution in [0.1, 0.15) is 42.0 Å². The maximum absolute atomic E-state index is 12.9. The molecule has 1 fully saturated rings. The van der Waals surface area contributed by atoms with E-state index in [4.69, 9.17) is 10.5 Å². The van der Waals surface area contributed by atoms with Gasteiger partial charge in [-0.15, -0.1) is 12.4 Å². The number of carbonyl (C=O) groups is 2. The Morgan fingerprint density at radius 3 is 2.73 bits per heavy atom. The zero-order valence-electron chi connectivity index (χ0n) is 17.1. The number of nitrogens with zero attached hydrogens (tertiary/aromatic N) is 1. The van der Waals surface area contributed by atoms with Crippen molar-refractivity contribution in [1.29, 1.82) is 0 Å². The van der Waals surface area contributed by atoms with E-state index in [9.17, 15) is 9.59 Å². The number of nitrogen functional groups attached to an aromatic ring is 1. The molecular formula is C23H28ClN3O3. The Morgan fingerprint density at radius 1 is 1.23 bits per heavy atom. The second-order valence-corrected chi connectivity index (χ2v) is 7.94. The average Bonchev–Trinajstić information content (AvgIpc) is 3.09. The predicted molar refractivity (Wildman–Crippen MR) is 118 cm³/mol. The van der Waals surface area contributed by atoms with Crippen LogP contribution in [0.5, 0.6) is 5.75 Å². The number of hydrogen-bond donors (Lipinski definition) is 2. The molecule has 2 atom stereocenters. The molecular weight excluding hydrogens is 402 g/mol. The first kappa shape index (κ1) is 22.0. The standard InChI is InChI=1S/C23H27N3O3.ClH/c1-29-19-8-5-15(6-9-19)13-26-14-17(12-22(26)27)23(28)25-21-4-2-3-16-11-18(24)7-10-20(16)21;/h5-11,17,21H,2-4,12-14,24H2,1H3,(H,25,28);1H. The van der Waals surface area contributed by atoms with Crippen LogP contribution < -0.4 is 15.8 Å². The van der Waals surface area contributed by atoms with Gasteiger partial charge in [0.25, 0.3) is 0 Å². The molecule has 2 unspecified atom stereocenters. The van der Waals surface area contributed by atoms with E-state index in [1.165, 1.54) is 5.56 Å². The minimum Gasteiger partial charge on any atom is -0.497 e. The third kappa shape index (κ3) is 4.70. The lowest BCUT2D eigenvalue weighted by molar-refractivity contribution is -0.129. The minimum atomic E-state index is -0.306. The molecule has 7 heteroatoms. The number of hydrogen-bond acceptors (Lipinski definition) is 4. The van der Waals surface area contributed by atoms with Gasteiger partial charge in [0.15, 0.2) is 0 Å². The molecule has 1 aliphatic heterocycles. The van der Waals surface area contributed by atoms with E-state index in [-0.39, 0.29) is 42.6 Å². The fourth-order valence-electron chi connectivity index (χ4n) is 4.33. The zero-order valence-corrected chi connectivity index (χ0v) is 17.9. The Hall–Kier alpha value is -2.73. The number of nitrogens with two attached hydrogens (primary N) is 1. The Morgan fingerprint density at radius 2 is 2.00 bits per heavy atom. The van der Waals surface area contributed by atoms with Gasteiger partial charge in [0.05, 0.1) is 19.1 Å². The van der Waals surface area contributed by atoms with Crippen LogP contribution in [-0.2, 0) is 22.6 Å². The number of nitrogens with one attached hydrogen (secondary N) is 1. The molecule has 2 amide bonds. The highest BCUT2D eigenvalue weighted by atomic mass is 35.5. The molecule has 0 spiro atoms. The van der Waals surface area contributed by atoms with Crippen LogP contribution in [0.3, 0.4) is 0 Å². The number of likely N-dealkylation sites (tertiary alicyclic amines) is 1. The molecule has 2 aliphatic rings. The van der Waals surface area contributed by atoms with Crippen molar-refractivity contribution in [3.05, 3.63) is 59.2 Å². The third-order valence-electron chi connectivity index (χ3n) is 5.92. The molecule has 160 valence electrons. The summed E-state index contributed by atoms with van der Waals surface area (Å²) in [5.41, 5.74) is 10.0. The van der Waals surface area contributed by atoms with Gasteiger partial charge in [0, 0.05) is 25.2 Å². The molecule has 0 aromatic heterocycles. The Labute approximate surface area is 183 Å². The second kappa shape index (κ2) is 9.39. The monoisotopic (exact) mass is 429 g/mol. The summed E-state index contributed by atoms with van der Waals surface area (Å²) >= 11 is 0. The smallest absolute Gasteiger partial charge is 0.225 e. The highest BCUT2D eigenvalue weighted by Gasteiger charge is 2.35. The first-order valence-electron chi connectivity index (χ1n) is 10.1. The molecule has 4 rings (SSSR count). The number of carbonyl (C=O) groups excluding carboxylic acids is 2. The molecule has 0 saturated carbocycles. The first-order valence-corrected chi connectivity index (χ1v) is 10.1. The number of fused-ring (bicyclic) bond motifs is 1. The number of halogens is 1. The van der Waals surface area contributed by atoms with E-state index in [1.54, 1.807) is 12.0 Å². The van der Waals surface area contributed by atoms with Crippen molar-refractivity contribution in [1.82, 2.24) is 10.2 Å². The topological polar surface area (TPSA) is 84.7 Å². The summed E-state index contributed by atoms with van der Waals surface area (Å²) in [6.07, 6.45) is 3.20. The quantitative estimate of drug-likeness (QED) is 0.714. The van der Waals surface area contributed by atoms with Crippen molar-refractivity contribution < 1.29 is 14.3 Å². The van der Waals surface area contributed by atoms with E-state index >= 15 is 0 Å². The van der Waals surface area contributed by atoms with Gasteiger partial charge in [-0.25, -0.2) is 0 Å². The van der Waals surface area contributed by atoms with Crippen molar-refractivity contribution in [2.75, 3.05) is 19.4 Å². The van der Waals surface area contributed by atoms with Gasteiger partial charge in [-0.2, -0.15) is 0 Å². The maximum atomic E-state index is 12.9. The van der Waals surface area contributed by atoms with Crippen LogP contribution in [0.25, 0.3) is 0 Å². The summed E-state index contributed by atoms with van der Waals surface area (Å²) in [4.78, 5) is 27.1. The van der Waals surface area contributed by atoms with E-state index in [0.717, 1.165) is 41.8 Å². The molecule has 1 heterocycles. The number of benzene rings is 2. The zero-order chi connectivity index (χ0) is 20.4. The first-order chi connectivity index (χ1) is 14.0. The summed E-state index contributed by atoms with van der Waals surface area (Å²) in [5, 5.41) is 3.18. The molecule has 6 nitrogen and oxygen atoms in total. The van der Waals surface area contributed by atoms with Gasteiger partial charge in [0.1, 0.15) is 5.75 Å². The minimum absolute atomic E-state index is 0. The molecule has 2 aromatic carbocycles. The summed E-state index contributed by atoms with van der Waals surface area (Å²) in [6, 6.07) is 13.6. The van der Waals surface area contributed by atoms with Crippen molar-refractivity contribution >= 4 is 29.9 Å². The molecule has 3 N–H and O–H groups in total. The second-order valence-electron chi connectivity index (χ2n) is 7.94. The van der Waals surface area contributed by atoms with Crippen molar-refractivity contribution in [2.45, 2.75) is 38.3 Å². The Bertz CT molecular complexity index is 916. The number of aryl methyl sites for hydroxylation is 1. The highest BCUT2D eigenvalue weighted by molar-refractivity contribution is 5.89. The van der Waals surface area contributed by atoms with Crippen LogP contribution in [0.4, 0.5) is 5.69 Å². The Balaban J connectivity index is 0.00000256. The van der Waals surface area contributed by atoms with E-state index < -0.39 is 0 Å². The number of ether oxygens (including phenoxy) is 1. The van der Waals surface area contributed by atoms with Crippen molar-refractivity contribution in [2.24, 2.45) is 5.92 Å². The number of anilines is 1. The van der Waals surface area contributed by atoms with E-state index in [0.29, 0.717) is 13.1 Å². The van der Waals surface area contributed by atoms with Crippen LogP contribution in [-0.4, -0.2) is 30.4 Å². The van der Waals surface area contributed by atoms with Gasteiger partial charge < -0.3 is 20.7 Å². The SMILES string of the molecule is COc1ccc(CN2CC(C(=O)NC3CCCc4cc(N)ccc43)CC2=O)cc1.Cl. The highest BCUT2D eigenvalue weighted by Crippen LogP contribution is 2.32. The fraction of sp³-hybridized carbons (Fsp3) is 0.391. The lowest BCUT2D eigenvalue weighted by Gasteiger charge is -2.27. The molecule has 1 aliphatic carbocycles. The largest absolute Gasteiger partial charge is 0.497 e. The van der Waals surface area contributed by atoms with Gasteiger partial charge >= 0.3 is 0 Å². The molecule has 30 heavy (non-hydrogen) atoms. The third-order valence-corrected chi connectivity index (χ3v) is 5.92. The number of rotatable bonds is 5. The predicted octanol–water partition coefficient (Wildman–Crippen LogP) is 3.24. The number of amides is 2. The lowest BCUT2D eigenvalue weighted by atomic mass is 9.87. The summed E-state index contributed by atoms with van der Waals surface area (Å²) in [5.74, 6) is 0.469. The van der Waals surface area contributed by atoms with E-state index in [2.05, 4.69) is 5.32 Å². The summed E-state index contributed by atoms with van der Waals surface area (Å²) in [7, 11) is 1.63. The summed E-state index contributed by atoms with van der Waals surface area (Å²) < 4.78 is 5.17. The molecule has 1 saturated heterocycles. The van der Waals surface area contributed by atoms with E-state index in [1.807, 2.05) is 42.5 Å². The van der Waals surface area contributed by atoms with Crippen LogP contribution in [0.2, 0.25) is 0 Å². The fourth-order valence-corrected chi connectivity index (χ4v) is 4.33.